The van der Waals surface area contributed by atoms with Crippen molar-refractivity contribution in [3.05, 3.63) is 0 Å². The lowest BCUT2D eigenvalue weighted by atomic mass is 9.86. The maximum atomic E-state index is 12.5. The molecule has 0 fully saturated rings. The van der Waals surface area contributed by atoms with Gasteiger partial charge in [-0.05, 0) is 19.5 Å². The van der Waals surface area contributed by atoms with E-state index in [-0.39, 0.29) is 23.5 Å². The third-order valence-corrected chi connectivity index (χ3v) is 3.55. The van der Waals surface area contributed by atoms with Crippen LogP contribution >= 0.6 is 0 Å². The highest BCUT2D eigenvalue weighted by atomic mass is 16.5. The molecule has 0 unspecified atom stereocenters. The summed E-state index contributed by atoms with van der Waals surface area (Å²) in [4.78, 5) is 26.7. The Morgan fingerprint density at radius 1 is 1.08 bits per heavy atom. The zero-order chi connectivity index (χ0) is 19.0. The molecule has 0 aliphatic rings. The van der Waals surface area contributed by atoms with Gasteiger partial charge in [-0.2, -0.15) is 0 Å². The van der Waals surface area contributed by atoms with Gasteiger partial charge in [-0.15, -0.1) is 0 Å². The quantitative estimate of drug-likeness (QED) is 0.466. The van der Waals surface area contributed by atoms with E-state index in [1.807, 2.05) is 39.8 Å². The third-order valence-electron chi connectivity index (χ3n) is 3.55. The highest BCUT2D eigenvalue weighted by molar-refractivity contribution is 5.91. The van der Waals surface area contributed by atoms with Gasteiger partial charge in [-0.25, -0.2) is 0 Å². The summed E-state index contributed by atoms with van der Waals surface area (Å²) in [7, 11) is 3.65. The number of rotatable bonds is 10. The van der Waals surface area contributed by atoms with Crippen LogP contribution in [0.25, 0.3) is 0 Å². The number of nitrogens with zero attached hydrogens (tertiary/aromatic N) is 1. The first-order valence-corrected chi connectivity index (χ1v) is 8.62. The fourth-order valence-corrected chi connectivity index (χ4v) is 1.94. The second-order valence-corrected chi connectivity index (χ2v) is 8.58. The molecule has 0 saturated carbocycles. The topological polar surface area (TPSA) is 70.7 Å². The maximum Gasteiger partial charge on any atom is 0.237 e. The normalized spacial score (nSPS) is 13.9. The van der Waals surface area contributed by atoms with Crippen LogP contribution in [0.2, 0.25) is 0 Å². The van der Waals surface area contributed by atoms with E-state index < -0.39 is 11.5 Å². The van der Waals surface area contributed by atoms with Gasteiger partial charge < -0.3 is 15.4 Å². The molecule has 0 aromatic rings. The number of nitrogens with one attached hydrogen (secondary N) is 2. The molecule has 0 rings (SSSR count). The van der Waals surface area contributed by atoms with Gasteiger partial charge in [-0.3, -0.25) is 14.5 Å². The highest BCUT2D eigenvalue weighted by Gasteiger charge is 2.31. The number of amides is 1. The Bertz CT molecular complexity index is 397. The van der Waals surface area contributed by atoms with E-state index in [1.54, 1.807) is 0 Å². The molecule has 1 amide bonds. The number of hydrogen-bond acceptors (Lipinski definition) is 5. The molecule has 0 aromatic carbocycles. The lowest BCUT2D eigenvalue weighted by Crippen LogP contribution is -2.49. The van der Waals surface area contributed by atoms with Crippen LogP contribution in [-0.4, -0.2) is 63.2 Å². The van der Waals surface area contributed by atoms with E-state index >= 15 is 0 Å². The van der Waals surface area contributed by atoms with E-state index in [0.717, 1.165) is 0 Å². The van der Waals surface area contributed by atoms with Crippen LogP contribution in [0.4, 0.5) is 0 Å². The first-order chi connectivity index (χ1) is 10.9. The first kappa shape index (κ1) is 23.0. The van der Waals surface area contributed by atoms with Gasteiger partial charge in [0.25, 0.3) is 0 Å². The molecule has 2 N–H and O–H groups in total. The summed E-state index contributed by atoms with van der Waals surface area (Å²) in [5, 5.41) is 5.86. The molecule has 0 spiro atoms. The summed E-state index contributed by atoms with van der Waals surface area (Å²) in [6, 6.07) is -0.520. The Morgan fingerprint density at radius 3 is 2.12 bits per heavy atom. The minimum absolute atomic E-state index is 0.0621. The van der Waals surface area contributed by atoms with Crippen molar-refractivity contribution in [2.75, 3.05) is 40.5 Å². The molecule has 0 heterocycles. The van der Waals surface area contributed by atoms with E-state index in [2.05, 4.69) is 31.4 Å². The van der Waals surface area contributed by atoms with Crippen molar-refractivity contribution >= 4 is 11.7 Å². The van der Waals surface area contributed by atoms with Crippen molar-refractivity contribution in [1.29, 1.82) is 0 Å². The molecule has 24 heavy (non-hydrogen) atoms. The van der Waals surface area contributed by atoms with Crippen molar-refractivity contribution in [2.24, 2.45) is 10.8 Å². The SMILES string of the molecule is CNCCNC(=O)[C@H](CC(=O)C(C)(C)C)N(C)COCC(C)(C)C. The van der Waals surface area contributed by atoms with Crippen LogP contribution in [0.15, 0.2) is 0 Å². The molecule has 0 radical (unpaired) electrons. The number of ether oxygens (including phenoxy) is 1. The van der Waals surface area contributed by atoms with Crippen molar-refractivity contribution < 1.29 is 14.3 Å². The first-order valence-electron chi connectivity index (χ1n) is 8.62. The van der Waals surface area contributed by atoms with Crippen LogP contribution in [0, 0.1) is 10.8 Å². The van der Waals surface area contributed by atoms with E-state index in [4.69, 9.17) is 4.74 Å². The summed E-state index contributed by atoms with van der Waals surface area (Å²) in [6.45, 7) is 14.1. The van der Waals surface area contributed by atoms with Gasteiger partial charge in [0.1, 0.15) is 5.78 Å². The van der Waals surface area contributed by atoms with Crippen LogP contribution in [0.5, 0.6) is 0 Å². The fraction of sp³-hybridized carbons (Fsp3) is 0.889. The maximum absolute atomic E-state index is 12.5. The van der Waals surface area contributed by atoms with Gasteiger partial charge in [0.2, 0.25) is 5.91 Å². The van der Waals surface area contributed by atoms with Crippen LogP contribution < -0.4 is 10.6 Å². The molecule has 6 heteroatoms. The molecule has 6 nitrogen and oxygen atoms in total. The largest absolute Gasteiger partial charge is 0.366 e. The Morgan fingerprint density at radius 2 is 1.67 bits per heavy atom. The Balaban J connectivity index is 4.83. The standard InChI is InChI=1S/C18H37N3O3/c1-17(2,3)12-24-13-21(8)14(11-15(22)18(4,5)6)16(23)20-10-9-19-7/h14,19H,9-13H2,1-8H3,(H,20,23)/t14-/m0/s1. The van der Waals surface area contributed by atoms with Crippen LogP contribution in [0.1, 0.15) is 48.0 Å². The molecule has 0 saturated heterocycles. The second kappa shape index (κ2) is 10.1. The number of Topliss-reactive ketones (excluding diaryl/α,β-unsaturated/α-hetero) is 1. The molecule has 1 atom stereocenters. The third kappa shape index (κ3) is 10.0. The monoisotopic (exact) mass is 343 g/mol. The van der Waals surface area contributed by atoms with Gasteiger partial charge in [0.05, 0.1) is 19.4 Å². The molecule has 0 aliphatic carbocycles. The van der Waals surface area contributed by atoms with Crippen LogP contribution in [0.3, 0.4) is 0 Å². The van der Waals surface area contributed by atoms with Gasteiger partial charge in [-0.1, -0.05) is 41.5 Å². The smallest absolute Gasteiger partial charge is 0.237 e. The van der Waals surface area contributed by atoms with E-state index in [9.17, 15) is 9.59 Å². The van der Waals surface area contributed by atoms with Crippen molar-refractivity contribution in [3.8, 4) is 0 Å². The lowest BCUT2D eigenvalue weighted by Gasteiger charge is -2.30. The summed E-state index contributed by atoms with van der Waals surface area (Å²) in [5.41, 5.74) is -0.400. The predicted molar refractivity (Wildman–Crippen MR) is 97.8 cm³/mol. The lowest BCUT2D eigenvalue weighted by molar-refractivity contribution is -0.136. The molecule has 0 aliphatic heterocycles. The van der Waals surface area contributed by atoms with Gasteiger partial charge in [0.15, 0.2) is 0 Å². The Labute approximate surface area is 147 Å². The summed E-state index contributed by atoms with van der Waals surface area (Å²) in [5.74, 6) is -0.0661. The molecule has 0 bridgehead atoms. The molecular weight excluding hydrogens is 306 g/mol. The molecular formula is C18H37N3O3. The van der Waals surface area contributed by atoms with Crippen molar-refractivity contribution in [1.82, 2.24) is 15.5 Å². The highest BCUT2D eigenvalue weighted by Crippen LogP contribution is 2.20. The zero-order valence-corrected chi connectivity index (χ0v) is 16.8. The second-order valence-electron chi connectivity index (χ2n) is 8.58. The summed E-state index contributed by atoms with van der Waals surface area (Å²) < 4.78 is 5.71. The Hall–Kier alpha value is -0.980. The average Bonchev–Trinajstić information content (AvgIpc) is 2.41. The molecule has 0 aromatic heterocycles. The predicted octanol–water partition coefficient (Wildman–Crippen LogP) is 1.65. The number of carbonyl (C=O) groups is 2. The number of likely N-dealkylation sites (N-methyl/N-ethyl adjacent to an activating group) is 2. The summed E-state index contributed by atoms with van der Waals surface area (Å²) >= 11 is 0. The van der Waals surface area contributed by atoms with Gasteiger partial charge >= 0.3 is 0 Å². The fourth-order valence-electron chi connectivity index (χ4n) is 1.94. The van der Waals surface area contributed by atoms with Crippen molar-refractivity contribution in [3.63, 3.8) is 0 Å². The summed E-state index contributed by atoms with van der Waals surface area (Å²) in [6.07, 6.45) is 0.185. The van der Waals surface area contributed by atoms with Crippen LogP contribution in [-0.2, 0) is 14.3 Å². The van der Waals surface area contributed by atoms with Crippen molar-refractivity contribution in [2.45, 2.75) is 54.0 Å². The minimum atomic E-state index is -0.520. The van der Waals surface area contributed by atoms with E-state index in [0.29, 0.717) is 26.4 Å². The Kier molecular flexibility index (Phi) is 9.70. The number of ketones is 1. The average molecular weight is 344 g/mol. The molecule has 142 valence electrons. The van der Waals surface area contributed by atoms with Gasteiger partial charge in [0, 0.05) is 24.9 Å². The zero-order valence-electron chi connectivity index (χ0n) is 16.8. The number of hydrogen-bond donors (Lipinski definition) is 2. The number of carbonyl (C=O) groups excluding carboxylic acids is 2. The minimum Gasteiger partial charge on any atom is -0.366 e. The van der Waals surface area contributed by atoms with E-state index in [1.165, 1.54) is 0 Å².